The molecule has 2 aromatic heterocycles. The van der Waals surface area contributed by atoms with Crippen molar-refractivity contribution < 1.29 is 4.74 Å². The summed E-state index contributed by atoms with van der Waals surface area (Å²) in [7, 11) is 0. The Morgan fingerprint density at radius 3 is 2.59 bits per heavy atom. The first-order valence-electron chi connectivity index (χ1n) is 8.06. The standard InChI is InChI=1S/C18H14ClN5OS2/c1-12-20-18(27-23-12)26-17-22-21-16(24(17)13-7-3-2-4-8-13)11-25-15-10-6-5-9-14(15)19/h2-10H,11H2,1H3. The van der Waals surface area contributed by atoms with Crippen molar-refractivity contribution in [1.29, 1.82) is 0 Å². The lowest BCUT2D eigenvalue weighted by atomic mass is 10.3. The van der Waals surface area contributed by atoms with E-state index in [1.165, 1.54) is 23.3 Å². The predicted molar refractivity (Wildman–Crippen MR) is 106 cm³/mol. The van der Waals surface area contributed by atoms with Gasteiger partial charge in [-0.2, -0.15) is 4.37 Å². The smallest absolute Gasteiger partial charge is 0.203 e. The van der Waals surface area contributed by atoms with Crippen molar-refractivity contribution in [2.24, 2.45) is 0 Å². The van der Waals surface area contributed by atoms with E-state index in [0.29, 0.717) is 21.8 Å². The molecule has 0 N–H and O–H groups in total. The van der Waals surface area contributed by atoms with Gasteiger partial charge in [0.05, 0.1) is 5.02 Å². The zero-order valence-electron chi connectivity index (χ0n) is 14.2. The van der Waals surface area contributed by atoms with Gasteiger partial charge in [-0.25, -0.2) is 4.98 Å². The molecule has 0 aliphatic carbocycles. The maximum absolute atomic E-state index is 6.18. The zero-order chi connectivity index (χ0) is 18.6. The molecule has 0 aliphatic rings. The number of benzene rings is 2. The van der Waals surface area contributed by atoms with Crippen LogP contribution >= 0.6 is 34.9 Å². The van der Waals surface area contributed by atoms with Crippen LogP contribution in [-0.2, 0) is 6.61 Å². The van der Waals surface area contributed by atoms with Crippen LogP contribution in [0.5, 0.6) is 5.75 Å². The second-order valence-corrected chi connectivity index (χ2v) is 7.87. The first-order valence-corrected chi connectivity index (χ1v) is 10.0. The van der Waals surface area contributed by atoms with E-state index in [4.69, 9.17) is 16.3 Å². The minimum Gasteiger partial charge on any atom is -0.484 e. The Bertz CT molecular complexity index is 1050. The third-order valence-electron chi connectivity index (χ3n) is 3.60. The molecular formula is C18H14ClN5OS2. The fraction of sp³-hybridized carbons (Fsp3) is 0.111. The van der Waals surface area contributed by atoms with Crippen LogP contribution in [-0.4, -0.2) is 24.1 Å². The fourth-order valence-corrected chi connectivity index (χ4v) is 4.21. The molecule has 27 heavy (non-hydrogen) atoms. The SMILES string of the molecule is Cc1nsc(Sc2nnc(COc3ccccc3Cl)n2-c2ccccc2)n1. The van der Waals surface area contributed by atoms with E-state index in [1.807, 2.05) is 60.0 Å². The number of aryl methyl sites for hydroxylation is 1. The van der Waals surface area contributed by atoms with Gasteiger partial charge in [-0.15, -0.1) is 10.2 Å². The minimum absolute atomic E-state index is 0.237. The first-order chi connectivity index (χ1) is 13.2. The van der Waals surface area contributed by atoms with E-state index in [0.717, 1.165) is 15.9 Å². The number of hydrogen-bond donors (Lipinski definition) is 0. The molecule has 0 radical (unpaired) electrons. The summed E-state index contributed by atoms with van der Waals surface area (Å²) >= 11 is 8.95. The number of rotatable bonds is 6. The van der Waals surface area contributed by atoms with Crippen molar-refractivity contribution in [2.75, 3.05) is 0 Å². The third kappa shape index (κ3) is 4.13. The maximum Gasteiger partial charge on any atom is 0.203 e. The van der Waals surface area contributed by atoms with Crippen molar-refractivity contribution in [3.8, 4) is 11.4 Å². The molecule has 0 amide bonds. The molecule has 0 saturated heterocycles. The van der Waals surface area contributed by atoms with Gasteiger partial charge in [-0.3, -0.25) is 4.57 Å². The van der Waals surface area contributed by atoms with E-state index < -0.39 is 0 Å². The molecule has 9 heteroatoms. The molecule has 0 saturated carbocycles. The van der Waals surface area contributed by atoms with Crippen molar-refractivity contribution in [2.45, 2.75) is 23.0 Å². The zero-order valence-corrected chi connectivity index (χ0v) is 16.6. The van der Waals surface area contributed by atoms with Crippen LogP contribution in [0.2, 0.25) is 5.02 Å². The summed E-state index contributed by atoms with van der Waals surface area (Å²) < 4.78 is 12.9. The summed E-state index contributed by atoms with van der Waals surface area (Å²) in [6, 6.07) is 17.3. The Labute approximate surface area is 169 Å². The van der Waals surface area contributed by atoms with Gasteiger partial charge in [-0.05, 0) is 54.5 Å². The number of ether oxygens (including phenoxy) is 1. The van der Waals surface area contributed by atoms with Crippen LogP contribution in [0.4, 0.5) is 0 Å². The Balaban J connectivity index is 1.66. The lowest BCUT2D eigenvalue weighted by Crippen LogP contribution is -2.06. The number of nitrogens with zero attached hydrogens (tertiary/aromatic N) is 5. The van der Waals surface area contributed by atoms with E-state index in [-0.39, 0.29) is 6.61 Å². The number of aromatic nitrogens is 5. The van der Waals surface area contributed by atoms with Crippen LogP contribution in [0.3, 0.4) is 0 Å². The second kappa shape index (κ2) is 8.08. The molecule has 0 unspecified atom stereocenters. The Hall–Kier alpha value is -2.42. The molecule has 0 aliphatic heterocycles. The number of halogens is 1. The summed E-state index contributed by atoms with van der Waals surface area (Å²) in [5.74, 6) is 2.02. The highest BCUT2D eigenvalue weighted by molar-refractivity contribution is 8.00. The van der Waals surface area contributed by atoms with Crippen molar-refractivity contribution in [3.63, 3.8) is 0 Å². The monoisotopic (exact) mass is 415 g/mol. The molecule has 6 nitrogen and oxygen atoms in total. The van der Waals surface area contributed by atoms with Crippen molar-refractivity contribution in [3.05, 3.63) is 71.3 Å². The summed E-state index contributed by atoms with van der Waals surface area (Å²) in [4.78, 5) is 4.40. The average Bonchev–Trinajstić information content (AvgIpc) is 3.28. The molecule has 4 rings (SSSR count). The minimum atomic E-state index is 0.237. The number of hydrogen-bond acceptors (Lipinski definition) is 7. The van der Waals surface area contributed by atoms with Crippen LogP contribution < -0.4 is 4.74 Å². The molecular weight excluding hydrogens is 402 g/mol. The Morgan fingerprint density at radius 2 is 1.85 bits per heavy atom. The molecule has 2 heterocycles. The molecule has 0 bridgehead atoms. The van der Waals surface area contributed by atoms with E-state index in [9.17, 15) is 0 Å². The predicted octanol–water partition coefficient (Wildman–Crippen LogP) is 4.81. The van der Waals surface area contributed by atoms with E-state index >= 15 is 0 Å². The number of para-hydroxylation sites is 2. The normalized spacial score (nSPS) is 10.9. The van der Waals surface area contributed by atoms with Gasteiger partial charge in [0.25, 0.3) is 0 Å². The quantitative estimate of drug-likeness (QED) is 0.450. The molecule has 0 spiro atoms. The molecule has 2 aromatic carbocycles. The third-order valence-corrected chi connectivity index (χ3v) is 5.70. The van der Waals surface area contributed by atoms with Crippen LogP contribution in [0, 0.1) is 6.92 Å². The lowest BCUT2D eigenvalue weighted by molar-refractivity contribution is 0.293. The van der Waals surface area contributed by atoms with Gasteiger partial charge in [0, 0.05) is 5.69 Å². The second-order valence-electron chi connectivity index (χ2n) is 5.50. The molecule has 136 valence electrons. The highest BCUT2D eigenvalue weighted by Crippen LogP contribution is 2.31. The summed E-state index contributed by atoms with van der Waals surface area (Å²) in [5.41, 5.74) is 0.948. The van der Waals surface area contributed by atoms with Crippen molar-refractivity contribution >= 4 is 34.9 Å². The van der Waals surface area contributed by atoms with Crippen LogP contribution in [0.15, 0.2) is 64.1 Å². The Kier molecular flexibility index (Phi) is 5.38. The summed E-state index contributed by atoms with van der Waals surface area (Å²) in [6.45, 7) is 2.10. The Morgan fingerprint density at radius 1 is 1.07 bits per heavy atom. The van der Waals surface area contributed by atoms with E-state index in [2.05, 4.69) is 19.6 Å². The van der Waals surface area contributed by atoms with Crippen LogP contribution in [0.25, 0.3) is 5.69 Å². The molecule has 0 fully saturated rings. The molecule has 0 atom stereocenters. The van der Waals surface area contributed by atoms with Gasteiger partial charge in [0.1, 0.15) is 18.2 Å². The van der Waals surface area contributed by atoms with Gasteiger partial charge in [0.15, 0.2) is 10.2 Å². The lowest BCUT2D eigenvalue weighted by Gasteiger charge is -2.11. The van der Waals surface area contributed by atoms with Gasteiger partial charge >= 0.3 is 0 Å². The van der Waals surface area contributed by atoms with Crippen molar-refractivity contribution in [1.82, 2.24) is 24.1 Å². The average molecular weight is 416 g/mol. The highest BCUT2D eigenvalue weighted by Gasteiger charge is 2.17. The maximum atomic E-state index is 6.18. The van der Waals surface area contributed by atoms with E-state index in [1.54, 1.807) is 6.07 Å². The fourth-order valence-electron chi connectivity index (χ4n) is 2.40. The van der Waals surface area contributed by atoms with Crippen LogP contribution in [0.1, 0.15) is 11.6 Å². The van der Waals surface area contributed by atoms with Gasteiger partial charge < -0.3 is 4.74 Å². The first kappa shape index (κ1) is 18.0. The summed E-state index contributed by atoms with van der Waals surface area (Å²) in [5, 5.41) is 9.92. The highest BCUT2D eigenvalue weighted by atomic mass is 35.5. The topological polar surface area (TPSA) is 65.7 Å². The molecule has 4 aromatic rings. The van der Waals surface area contributed by atoms with Gasteiger partial charge in [0.2, 0.25) is 5.16 Å². The van der Waals surface area contributed by atoms with Gasteiger partial charge in [-0.1, -0.05) is 41.9 Å². The largest absolute Gasteiger partial charge is 0.484 e. The summed E-state index contributed by atoms with van der Waals surface area (Å²) in [6.07, 6.45) is 0.